The highest BCUT2D eigenvalue weighted by atomic mass is 19.3. The lowest BCUT2D eigenvalue weighted by Crippen LogP contribution is -2.43. The Labute approximate surface area is 116 Å². The van der Waals surface area contributed by atoms with E-state index in [0.717, 1.165) is 0 Å². The average molecular weight is 300 g/mol. The zero-order valence-corrected chi connectivity index (χ0v) is 12.0. The number of hydrogen-bond acceptors (Lipinski definition) is 4. The fraction of sp³-hybridized carbons (Fsp3) is 0.917. The van der Waals surface area contributed by atoms with Crippen molar-refractivity contribution in [2.24, 2.45) is 0 Å². The smallest absolute Gasteiger partial charge is 0.287 e. The summed E-state index contributed by atoms with van der Waals surface area (Å²) in [6.45, 7) is 2.33. The van der Waals surface area contributed by atoms with Crippen molar-refractivity contribution in [3.05, 3.63) is 0 Å². The Kier molecular flexibility index (Phi) is 8.07. The Bertz CT molecular complexity index is 296. The molecule has 0 bridgehead atoms. The minimum absolute atomic E-state index is 0.0102. The Morgan fingerprint density at radius 3 is 2.45 bits per heavy atom. The SMILES string of the molecule is CC(C)(C)NCC(F)COCC(F)(F)CNC(=O)CO. The molecule has 20 heavy (non-hydrogen) atoms. The van der Waals surface area contributed by atoms with Crippen LogP contribution in [0.3, 0.4) is 0 Å². The predicted octanol–water partition coefficient (Wildman–Crippen LogP) is 0.473. The molecule has 0 aliphatic rings. The first-order chi connectivity index (χ1) is 9.06. The molecular formula is C12H23F3N2O3. The third-order valence-corrected chi connectivity index (χ3v) is 2.15. The fourth-order valence-electron chi connectivity index (χ4n) is 1.15. The number of aliphatic hydroxyl groups is 1. The van der Waals surface area contributed by atoms with Crippen LogP contribution in [-0.2, 0) is 9.53 Å². The first-order valence-corrected chi connectivity index (χ1v) is 6.28. The van der Waals surface area contributed by atoms with Gasteiger partial charge < -0.3 is 20.5 Å². The van der Waals surface area contributed by atoms with Crippen LogP contribution in [0.4, 0.5) is 13.2 Å². The molecule has 120 valence electrons. The van der Waals surface area contributed by atoms with Crippen molar-refractivity contribution in [2.75, 3.05) is 32.9 Å². The van der Waals surface area contributed by atoms with Gasteiger partial charge in [-0.15, -0.1) is 0 Å². The molecule has 0 heterocycles. The van der Waals surface area contributed by atoms with E-state index in [-0.39, 0.29) is 12.1 Å². The molecule has 0 saturated heterocycles. The van der Waals surface area contributed by atoms with Gasteiger partial charge in [0.05, 0.1) is 13.2 Å². The molecule has 3 N–H and O–H groups in total. The number of amides is 1. The molecule has 5 nitrogen and oxygen atoms in total. The molecule has 0 fully saturated rings. The molecule has 0 saturated carbocycles. The maximum atomic E-state index is 13.3. The number of hydrogen-bond donors (Lipinski definition) is 3. The van der Waals surface area contributed by atoms with E-state index in [1.54, 1.807) is 0 Å². The summed E-state index contributed by atoms with van der Waals surface area (Å²) in [6, 6.07) is 0. The molecule has 1 atom stereocenters. The van der Waals surface area contributed by atoms with Crippen LogP contribution in [0.2, 0.25) is 0 Å². The highest BCUT2D eigenvalue weighted by Gasteiger charge is 2.30. The normalized spacial score (nSPS) is 14.2. The molecule has 0 radical (unpaired) electrons. The molecule has 1 unspecified atom stereocenters. The number of halogens is 3. The van der Waals surface area contributed by atoms with Crippen molar-refractivity contribution in [1.82, 2.24) is 10.6 Å². The Morgan fingerprint density at radius 1 is 1.35 bits per heavy atom. The fourth-order valence-corrected chi connectivity index (χ4v) is 1.15. The summed E-state index contributed by atoms with van der Waals surface area (Å²) in [5.41, 5.74) is -0.261. The third kappa shape index (κ3) is 11.0. The van der Waals surface area contributed by atoms with E-state index in [1.165, 1.54) is 0 Å². The van der Waals surface area contributed by atoms with Gasteiger partial charge in [0.1, 0.15) is 19.4 Å². The number of rotatable bonds is 9. The number of ether oxygens (including phenoxy) is 1. The first kappa shape index (κ1) is 19.1. The van der Waals surface area contributed by atoms with Crippen LogP contribution in [0.5, 0.6) is 0 Å². The predicted molar refractivity (Wildman–Crippen MR) is 68.5 cm³/mol. The molecule has 0 aliphatic carbocycles. The minimum Gasteiger partial charge on any atom is -0.387 e. The summed E-state index contributed by atoms with van der Waals surface area (Å²) in [5.74, 6) is -4.20. The van der Waals surface area contributed by atoms with Crippen LogP contribution >= 0.6 is 0 Å². The van der Waals surface area contributed by atoms with E-state index in [0.29, 0.717) is 0 Å². The monoisotopic (exact) mass is 300 g/mol. The molecule has 0 aliphatic heterocycles. The molecule has 0 aromatic rings. The number of aliphatic hydroxyl groups excluding tert-OH is 1. The zero-order valence-electron chi connectivity index (χ0n) is 12.0. The minimum atomic E-state index is -3.30. The highest BCUT2D eigenvalue weighted by molar-refractivity contribution is 5.76. The second-order valence-electron chi connectivity index (χ2n) is 5.53. The first-order valence-electron chi connectivity index (χ1n) is 6.28. The van der Waals surface area contributed by atoms with Gasteiger partial charge in [0.2, 0.25) is 5.91 Å². The average Bonchev–Trinajstić information content (AvgIpc) is 2.32. The quantitative estimate of drug-likeness (QED) is 0.579. The van der Waals surface area contributed by atoms with E-state index < -0.39 is 44.4 Å². The molecular weight excluding hydrogens is 277 g/mol. The molecule has 8 heteroatoms. The van der Waals surface area contributed by atoms with Gasteiger partial charge in [0.25, 0.3) is 5.92 Å². The standard InChI is InChI=1S/C12H23F3N2O3/c1-11(2,3)17-4-9(13)6-20-8-12(14,15)7-16-10(19)5-18/h9,17-18H,4-8H2,1-3H3,(H,16,19). The number of nitrogens with one attached hydrogen (secondary N) is 2. The zero-order chi connectivity index (χ0) is 15.8. The van der Waals surface area contributed by atoms with Gasteiger partial charge in [-0.2, -0.15) is 0 Å². The highest BCUT2D eigenvalue weighted by Crippen LogP contribution is 2.12. The van der Waals surface area contributed by atoms with E-state index in [2.05, 4.69) is 10.1 Å². The third-order valence-electron chi connectivity index (χ3n) is 2.15. The summed E-state index contributed by atoms with van der Waals surface area (Å²) < 4.78 is 44.3. The summed E-state index contributed by atoms with van der Waals surface area (Å²) in [6.07, 6.45) is -1.39. The molecule has 0 aromatic heterocycles. The van der Waals surface area contributed by atoms with E-state index in [4.69, 9.17) is 5.11 Å². The van der Waals surface area contributed by atoms with Crippen LogP contribution in [0.25, 0.3) is 0 Å². The summed E-state index contributed by atoms with van der Waals surface area (Å²) in [7, 11) is 0. The number of carbonyl (C=O) groups is 1. The summed E-state index contributed by atoms with van der Waals surface area (Å²) >= 11 is 0. The Morgan fingerprint density at radius 2 is 1.95 bits per heavy atom. The van der Waals surface area contributed by atoms with Crippen molar-refractivity contribution >= 4 is 5.91 Å². The van der Waals surface area contributed by atoms with E-state index in [9.17, 15) is 18.0 Å². The van der Waals surface area contributed by atoms with Gasteiger partial charge in [-0.1, -0.05) is 0 Å². The Hall–Kier alpha value is -0.860. The lowest BCUT2D eigenvalue weighted by Gasteiger charge is -2.22. The topological polar surface area (TPSA) is 70.6 Å². The summed E-state index contributed by atoms with van der Waals surface area (Å²) in [5, 5.41) is 13.1. The van der Waals surface area contributed by atoms with E-state index >= 15 is 0 Å². The van der Waals surface area contributed by atoms with Gasteiger partial charge in [-0.3, -0.25) is 4.79 Å². The largest absolute Gasteiger partial charge is 0.387 e. The van der Waals surface area contributed by atoms with Gasteiger partial charge in [-0.05, 0) is 20.8 Å². The van der Waals surface area contributed by atoms with Crippen LogP contribution in [0, 0.1) is 0 Å². The van der Waals surface area contributed by atoms with Crippen LogP contribution in [-0.4, -0.2) is 61.6 Å². The summed E-state index contributed by atoms with van der Waals surface area (Å²) in [4.78, 5) is 10.6. The molecule has 0 aromatic carbocycles. The van der Waals surface area contributed by atoms with Crippen LogP contribution in [0.1, 0.15) is 20.8 Å². The van der Waals surface area contributed by atoms with Gasteiger partial charge in [0, 0.05) is 12.1 Å². The van der Waals surface area contributed by atoms with Crippen molar-refractivity contribution in [3.63, 3.8) is 0 Å². The lowest BCUT2D eigenvalue weighted by molar-refractivity contribution is -0.128. The van der Waals surface area contributed by atoms with Crippen molar-refractivity contribution in [1.29, 1.82) is 0 Å². The van der Waals surface area contributed by atoms with Crippen molar-refractivity contribution < 1.29 is 27.8 Å². The maximum Gasteiger partial charge on any atom is 0.287 e. The van der Waals surface area contributed by atoms with Gasteiger partial charge in [-0.25, -0.2) is 13.2 Å². The maximum absolute atomic E-state index is 13.3. The van der Waals surface area contributed by atoms with E-state index in [1.807, 2.05) is 26.1 Å². The number of alkyl halides is 3. The molecule has 0 rings (SSSR count). The van der Waals surface area contributed by atoms with Gasteiger partial charge >= 0.3 is 0 Å². The molecule has 1 amide bonds. The molecule has 0 spiro atoms. The van der Waals surface area contributed by atoms with Crippen molar-refractivity contribution in [3.8, 4) is 0 Å². The number of carbonyl (C=O) groups excluding carboxylic acids is 1. The van der Waals surface area contributed by atoms with Crippen LogP contribution < -0.4 is 10.6 Å². The second-order valence-corrected chi connectivity index (χ2v) is 5.53. The van der Waals surface area contributed by atoms with Crippen LogP contribution in [0.15, 0.2) is 0 Å². The second kappa shape index (κ2) is 8.43. The van der Waals surface area contributed by atoms with Gasteiger partial charge in [0.15, 0.2) is 0 Å². The Balaban J connectivity index is 3.83. The van der Waals surface area contributed by atoms with Crippen molar-refractivity contribution in [2.45, 2.75) is 38.4 Å². The lowest BCUT2D eigenvalue weighted by atomic mass is 10.1.